The van der Waals surface area contributed by atoms with Crippen molar-refractivity contribution in [2.45, 2.75) is 6.42 Å². The van der Waals surface area contributed by atoms with Crippen molar-refractivity contribution in [1.82, 2.24) is 5.32 Å². The van der Waals surface area contributed by atoms with Crippen LogP contribution in [0, 0.1) is 5.82 Å². The molecule has 6 heteroatoms. The van der Waals surface area contributed by atoms with Gasteiger partial charge in [0, 0.05) is 20.0 Å². The Balaban J connectivity index is 2.31. The van der Waals surface area contributed by atoms with Crippen LogP contribution in [0.15, 0.2) is 18.2 Å². The predicted molar refractivity (Wildman–Crippen MR) is 61.8 cm³/mol. The van der Waals surface area contributed by atoms with Gasteiger partial charge >= 0.3 is 0 Å². The minimum atomic E-state index is -0.793. The van der Waals surface area contributed by atoms with Crippen LogP contribution in [-0.4, -0.2) is 31.2 Å². The molecule has 0 saturated heterocycles. The molecule has 5 nitrogen and oxygen atoms in total. The fourth-order valence-corrected chi connectivity index (χ4v) is 1.86. The summed E-state index contributed by atoms with van der Waals surface area (Å²) in [6.45, 7) is -0.0157. The highest BCUT2D eigenvalue weighted by Crippen LogP contribution is 2.31. The Labute approximate surface area is 103 Å². The van der Waals surface area contributed by atoms with Crippen LogP contribution in [0.1, 0.15) is 16.8 Å². The molecule has 0 bridgehead atoms. The maximum Gasteiger partial charge on any atom is 0.299 e. The second-order valence-electron chi connectivity index (χ2n) is 3.85. The van der Waals surface area contributed by atoms with Gasteiger partial charge in [0.15, 0.2) is 0 Å². The second-order valence-corrected chi connectivity index (χ2v) is 3.85. The van der Waals surface area contributed by atoms with Crippen LogP contribution < -0.4 is 10.2 Å². The number of halogens is 1. The van der Waals surface area contributed by atoms with Gasteiger partial charge in [-0.25, -0.2) is 4.39 Å². The summed E-state index contributed by atoms with van der Waals surface area (Å²) < 4.78 is 13.6. The highest BCUT2D eigenvalue weighted by atomic mass is 19.1. The molecule has 0 saturated carbocycles. The molecule has 2 amide bonds. The lowest BCUT2D eigenvalue weighted by molar-refractivity contribution is -0.120. The molecule has 1 aliphatic rings. The lowest BCUT2D eigenvalue weighted by Crippen LogP contribution is -2.34. The third-order valence-corrected chi connectivity index (χ3v) is 2.78. The number of carbonyl (C=O) groups excluding carboxylic acids is 3. The number of fused-ring (bicyclic) bond motifs is 1. The topological polar surface area (TPSA) is 66.5 Å². The summed E-state index contributed by atoms with van der Waals surface area (Å²) >= 11 is 0. The van der Waals surface area contributed by atoms with Gasteiger partial charge in [0.05, 0.1) is 11.3 Å². The molecular formula is C12H11FN2O3. The van der Waals surface area contributed by atoms with Crippen LogP contribution in [0.3, 0.4) is 0 Å². The first-order valence-corrected chi connectivity index (χ1v) is 5.41. The molecule has 1 aliphatic heterocycles. The highest BCUT2D eigenvalue weighted by Gasteiger charge is 2.37. The molecule has 2 rings (SSSR count). The minimum Gasteiger partial charge on any atom is -0.359 e. The van der Waals surface area contributed by atoms with E-state index in [0.717, 1.165) is 4.90 Å². The van der Waals surface area contributed by atoms with Crippen molar-refractivity contribution in [3.05, 3.63) is 29.6 Å². The molecule has 18 heavy (non-hydrogen) atoms. The molecule has 0 aromatic heterocycles. The van der Waals surface area contributed by atoms with Gasteiger partial charge in [0.2, 0.25) is 5.91 Å². The zero-order valence-corrected chi connectivity index (χ0v) is 9.70. The number of nitrogens with one attached hydrogen (secondary N) is 1. The molecular weight excluding hydrogens is 239 g/mol. The van der Waals surface area contributed by atoms with Crippen molar-refractivity contribution >= 4 is 23.3 Å². The number of benzene rings is 1. The summed E-state index contributed by atoms with van der Waals surface area (Å²) in [5, 5.41) is 2.40. The third kappa shape index (κ3) is 1.85. The van der Waals surface area contributed by atoms with E-state index in [1.165, 1.54) is 25.2 Å². The Hall–Kier alpha value is -2.24. The van der Waals surface area contributed by atoms with Gasteiger partial charge in [-0.15, -0.1) is 0 Å². The molecule has 1 aromatic carbocycles. The van der Waals surface area contributed by atoms with Crippen LogP contribution in [0.2, 0.25) is 0 Å². The molecule has 0 fully saturated rings. The average molecular weight is 250 g/mol. The van der Waals surface area contributed by atoms with E-state index in [0.29, 0.717) is 0 Å². The Kier molecular flexibility index (Phi) is 3.10. The Bertz CT molecular complexity index is 542. The summed E-state index contributed by atoms with van der Waals surface area (Å²) in [5.74, 6) is -2.44. The standard InChI is InChI=1S/C12H11FN2O3/c1-14-9(16)5-6-15-10-7(11(17)12(15)18)3-2-4-8(10)13/h2-4H,5-6H2,1H3,(H,14,16). The molecule has 1 N–H and O–H groups in total. The van der Waals surface area contributed by atoms with E-state index in [-0.39, 0.29) is 30.1 Å². The van der Waals surface area contributed by atoms with E-state index < -0.39 is 17.5 Å². The van der Waals surface area contributed by atoms with Crippen LogP contribution in [-0.2, 0) is 9.59 Å². The number of carbonyl (C=O) groups is 3. The average Bonchev–Trinajstić information content (AvgIpc) is 2.61. The maximum absolute atomic E-state index is 13.6. The summed E-state index contributed by atoms with van der Waals surface area (Å²) in [5.41, 5.74) is 0.0216. The van der Waals surface area contributed by atoms with Crippen LogP contribution in [0.25, 0.3) is 0 Å². The first kappa shape index (κ1) is 12.2. The second kappa shape index (κ2) is 4.56. The van der Waals surface area contributed by atoms with Gasteiger partial charge in [-0.05, 0) is 12.1 Å². The van der Waals surface area contributed by atoms with E-state index in [1.807, 2.05) is 0 Å². The van der Waals surface area contributed by atoms with Gasteiger partial charge in [-0.1, -0.05) is 6.07 Å². The Morgan fingerprint density at radius 3 is 2.78 bits per heavy atom. The number of hydrogen-bond acceptors (Lipinski definition) is 3. The number of anilines is 1. The van der Waals surface area contributed by atoms with Gasteiger partial charge in [0.1, 0.15) is 5.82 Å². The number of ketones is 1. The van der Waals surface area contributed by atoms with E-state index in [9.17, 15) is 18.8 Å². The first-order chi connectivity index (χ1) is 8.56. The van der Waals surface area contributed by atoms with Gasteiger partial charge in [0.25, 0.3) is 11.7 Å². The smallest absolute Gasteiger partial charge is 0.299 e. The monoisotopic (exact) mass is 250 g/mol. The largest absolute Gasteiger partial charge is 0.359 e. The van der Waals surface area contributed by atoms with E-state index in [4.69, 9.17) is 0 Å². The highest BCUT2D eigenvalue weighted by molar-refractivity contribution is 6.52. The lowest BCUT2D eigenvalue weighted by Gasteiger charge is -2.16. The summed E-state index contributed by atoms with van der Waals surface area (Å²) in [7, 11) is 1.47. The lowest BCUT2D eigenvalue weighted by atomic mass is 10.1. The van der Waals surface area contributed by atoms with Crippen molar-refractivity contribution in [3.8, 4) is 0 Å². The third-order valence-electron chi connectivity index (χ3n) is 2.78. The van der Waals surface area contributed by atoms with Crippen molar-refractivity contribution in [2.24, 2.45) is 0 Å². The molecule has 0 radical (unpaired) electrons. The SMILES string of the molecule is CNC(=O)CCN1C(=O)C(=O)c2cccc(F)c21. The maximum atomic E-state index is 13.6. The van der Waals surface area contributed by atoms with Crippen LogP contribution in [0.5, 0.6) is 0 Å². The quantitative estimate of drug-likeness (QED) is 0.794. The van der Waals surface area contributed by atoms with Crippen molar-refractivity contribution in [3.63, 3.8) is 0 Å². The summed E-state index contributed by atoms with van der Waals surface area (Å²) in [6, 6.07) is 3.96. The normalized spacial score (nSPS) is 13.8. The van der Waals surface area contributed by atoms with E-state index in [1.54, 1.807) is 0 Å². The van der Waals surface area contributed by atoms with Gasteiger partial charge in [-0.3, -0.25) is 14.4 Å². The molecule has 94 valence electrons. The number of para-hydroxylation sites is 1. The van der Waals surface area contributed by atoms with E-state index in [2.05, 4.69) is 5.32 Å². The summed E-state index contributed by atoms with van der Waals surface area (Å²) in [6.07, 6.45) is 0.0172. The van der Waals surface area contributed by atoms with Gasteiger partial charge in [-0.2, -0.15) is 0 Å². The molecule has 0 spiro atoms. The molecule has 1 heterocycles. The molecule has 0 unspecified atom stereocenters. The fourth-order valence-electron chi connectivity index (χ4n) is 1.86. The molecule has 0 atom stereocenters. The first-order valence-electron chi connectivity index (χ1n) is 5.41. The van der Waals surface area contributed by atoms with Crippen molar-refractivity contribution in [2.75, 3.05) is 18.5 Å². The number of nitrogens with zero attached hydrogens (tertiary/aromatic N) is 1. The van der Waals surface area contributed by atoms with Gasteiger partial charge < -0.3 is 10.2 Å². The molecule has 0 aliphatic carbocycles. The number of rotatable bonds is 3. The molecule has 1 aromatic rings. The fraction of sp³-hybridized carbons (Fsp3) is 0.250. The Morgan fingerprint density at radius 2 is 2.11 bits per heavy atom. The number of Topliss-reactive ketones (excluding diaryl/α,β-unsaturated/α-hetero) is 1. The van der Waals surface area contributed by atoms with Crippen LogP contribution >= 0.6 is 0 Å². The summed E-state index contributed by atoms with van der Waals surface area (Å²) in [4.78, 5) is 35.5. The van der Waals surface area contributed by atoms with Crippen molar-refractivity contribution in [1.29, 1.82) is 0 Å². The van der Waals surface area contributed by atoms with Crippen molar-refractivity contribution < 1.29 is 18.8 Å². The zero-order chi connectivity index (χ0) is 13.3. The number of amides is 2. The predicted octanol–water partition coefficient (Wildman–Crippen LogP) is 0.491. The zero-order valence-electron chi connectivity index (χ0n) is 9.70. The van der Waals surface area contributed by atoms with Crippen LogP contribution in [0.4, 0.5) is 10.1 Å². The number of hydrogen-bond donors (Lipinski definition) is 1. The van der Waals surface area contributed by atoms with E-state index >= 15 is 0 Å². The minimum absolute atomic E-state index is 0.0157. The Morgan fingerprint density at radius 1 is 1.39 bits per heavy atom.